The zero-order valence-corrected chi connectivity index (χ0v) is 20.1. The summed E-state index contributed by atoms with van der Waals surface area (Å²) in [6, 6.07) is 27.1. The molecule has 0 saturated heterocycles. The van der Waals surface area contributed by atoms with E-state index in [1.165, 1.54) is 0 Å². The van der Waals surface area contributed by atoms with E-state index in [1.54, 1.807) is 30.3 Å². The smallest absolute Gasteiger partial charge is 0.305 e. The molecule has 0 radical (unpaired) electrons. The number of carbonyl (C=O) groups excluding carboxylic acids is 2. The molecular weight excluding hydrogens is 501 g/mol. The number of hydroxylamine groups is 2. The molecule has 36 heavy (non-hydrogen) atoms. The summed E-state index contributed by atoms with van der Waals surface area (Å²) >= 11 is 13.4. The van der Waals surface area contributed by atoms with E-state index in [1.807, 2.05) is 60.7 Å². The monoisotopic (exact) mass is 517 g/mol. The van der Waals surface area contributed by atoms with Crippen molar-refractivity contribution in [3.8, 4) is 11.5 Å². The third-order valence-corrected chi connectivity index (χ3v) is 6.81. The minimum absolute atomic E-state index is 0.190. The highest BCUT2D eigenvalue weighted by atomic mass is 35.5. The van der Waals surface area contributed by atoms with Gasteiger partial charge in [-0.2, -0.15) is 0 Å². The van der Waals surface area contributed by atoms with Crippen molar-refractivity contribution in [1.29, 1.82) is 0 Å². The van der Waals surface area contributed by atoms with Crippen molar-refractivity contribution >= 4 is 35.0 Å². The SMILES string of the molecule is O=C1c2ccccc2C(=O)N1OCc1cc(Cl)c2c(c1Cl)OC(c1ccccc1)(c1ccccc1)O2. The maximum atomic E-state index is 12.6. The van der Waals surface area contributed by atoms with Crippen molar-refractivity contribution in [3.05, 3.63) is 129 Å². The van der Waals surface area contributed by atoms with Gasteiger partial charge in [0.25, 0.3) is 11.8 Å². The van der Waals surface area contributed by atoms with Gasteiger partial charge < -0.3 is 9.47 Å². The largest absolute Gasteiger partial charge is 0.439 e. The minimum Gasteiger partial charge on any atom is -0.439 e. The Bertz CT molecular complexity index is 1430. The molecule has 6 rings (SSSR count). The average Bonchev–Trinajstić information content (AvgIpc) is 3.45. The van der Waals surface area contributed by atoms with Crippen LogP contribution >= 0.6 is 23.2 Å². The number of halogens is 2. The lowest BCUT2D eigenvalue weighted by atomic mass is 9.97. The minimum atomic E-state index is -1.31. The maximum absolute atomic E-state index is 12.6. The van der Waals surface area contributed by atoms with E-state index in [0.29, 0.717) is 11.3 Å². The van der Waals surface area contributed by atoms with Crippen LogP contribution in [0.2, 0.25) is 10.0 Å². The van der Waals surface area contributed by atoms with Gasteiger partial charge in [0.15, 0.2) is 11.5 Å². The molecule has 0 atom stereocenters. The van der Waals surface area contributed by atoms with Gasteiger partial charge in [0.1, 0.15) is 6.61 Å². The van der Waals surface area contributed by atoms with E-state index in [9.17, 15) is 9.59 Å². The molecule has 0 spiro atoms. The van der Waals surface area contributed by atoms with Gasteiger partial charge in [0.2, 0.25) is 0 Å². The predicted molar refractivity (Wildman–Crippen MR) is 133 cm³/mol. The fourth-order valence-corrected chi connectivity index (χ4v) is 4.86. The summed E-state index contributed by atoms with van der Waals surface area (Å²) in [7, 11) is 0. The van der Waals surface area contributed by atoms with Crippen LogP contribution in [0.4, 0.5) is 0 Å². The molecule has 8 heteroatoms. The standard InChI is InChI=1S/C28H17Cl2NO5/c29-22-15-17(16-34-31-26(32)20-13-7-8-14-21(20)27(31)33)23(30)25-24(22)35-28(36-25,18-9-3-1-4-10-18)19-11-5-2-6-12-19/h1-15H,16H2. The number of nitrogens with zero attached hydrogens (tertiary/aromatic N) is 1. The van der Waals surface area contributed by atoms with Crippen LogP contribution in [0.3, 0.4) is 0 Å². The molecule has 0 saturated carbocycles. The summed E-state index contributed by atoms with van der Waals surface area (Å²) in [5.41, 5.74) is 2.50. The molecule has 0 unspecified atom stereocenters. The van der Waals surface area contributed by atoms with Crippen LogP contribution in [0.5, 0.6) is 11.5 Å². The van der Waals surface area contributed by atoms with E-state index >= 15 is 0 Å². The Morgan fingerprint density at radius 1 is 0.722 bits per heavy atom. The number of imide groups is 1. The maximum Gasteiger partial charge on any atom is 0.305 e. The van der Waals surface area contributed by atoms with Gasteiger partial charge in [0.05, 0.1) is 21.2 Å². The first-order valence-electron chi connectivity index (χ1n) is 11.1. The first kappa shape index (κ1) is 22.6. The van der Waals surface area contributed by atoms with E-state index in [2.05, 4.69) is 0 Å². The van der Waals surface area contributed by atoms with Gasteiger partial charge in [-0.3, -0.25) is 14.4 Å². The molecular formula is C28H17Cl2NO5. The van der Waals surface area contributed by atoms with Crippen molar-refractivity contribution in [1.82, 2.24) is 5.06 Å². The molecule has 4 aromatic rings. The quantitative estimate of drug-likeness (QED) is 0.287. The molecule has 0 aromatic heterocycles. The molecule has 0 fully saturated rings. The van der Waals surface area contributed by atoms with Crippen LogP contribution in [0.15, 0.2) is 91.0 Å². The predicted octanol–water partition coefficient (Wildman–Crippen LogP) is 6.39. The number of rotatable bonds is 5. The average molecular weight is 518 g/mol. The van der Waals surface area contributed by atoms with E-state index < -0.39 is 17.6 Å². The molecule has 0 N–H and O–H groups in total. The van der Waals surface area contributed by atoms with Crippen molar-refractivity contribution in [2.75, 3.05) is 0 Å². The number of hydrogen-bond acceptors (Lipinski definition) is 5. The molecule has 0 aliphatic carbocycles. The first-order chi connectivity index (χ1) is 17.5. The normalized spacial score (nSPS) is 15.3. The summed E-state index contributed by atoms with van der Waals surface area (Å²) < 4.78 is 12.8. The van der Waals surface area contributed by atoms with Crippen LogP contribution in [0.1, 0.15) is 37.4 Å². The van der Waals surface area contributed by atoms with Crippen LogP contribution in [-0.2, 0) is 17.2 Å². The molecule has 2 heterocycles. The molecule has 178 valence electrons. The Kier molecular flexibility index (Phi) is 5.45. The molecule has 2 amide bonds. The van der Waals surface area contributed by atoms with Gasteiger partial charge in [-0.05, 0) is 18.2 Å². The summed E-state index contributed by atoms with van der Waals surface area (Å²) in [6.45, 7) is -0.190. The number of ether oxygens (including phenoxy) is 2. The summed E-state index contributed by atoms with van der Waals surface area (Å²) in [4.78, 5) is 30.9. The second-order valence-electron chi connectivity index (χ2n) is 8.27. The third-order valence-electron chi connectivity index (χ3n) is 6.11. The number of carbonyl (C=O) groups is 2. The lowest BCUT2D eigenvalue weighted by Gasteiger charge is -2.28. The number of fused-ring (bicyclic) bond motifs is 2. The van der Waals surface area contributed by atoms with Crippen LogP contribution in [0, 0.1) is 0 Å². The first-order valence-corrected chi connectivity index (χ1v) is 11.9. The van der Waals surface area contributed by atoms with Gasteiger partial charge in [-0.1, -0.05) is 96.0 Å². The molecule has 6 nitrogen and oxygen atoms in total. The van der Waals surface area contributed by atoms with Crippen molar-refractivity contribution in [3.63, 3.8) is 0 Å². The van der Waals surface area contributed by atoms with Gasteiger partial charge in [0, 0.05) is 16.7 Å². The van der Waals surface area contributed by atoms with Crippen LogP contribution in [0.25, 0.3) is 0 Å². The molecule has 4 aromatic carbocycles. The highest BCUT2D eigenvalue weighted by Gasteiger charge is 2.47. The Hall–Kier alpha value is -3.84. The Balaban J connectivity index is 1.34. The highest BCUT2D eigenvalue weighted by Crippen LogP contribution is 2.54. The molecule has 2 aliphatic heterocycles. The lowest BCUT2D eigenvalue weighted by Crippen LogP contribution is -2.36. The fourth-order valence-electron chi connectivity index (χ4n) is 4.37. The number of benzene rings is 4. The van der Waals surface area contributed by atoms with Crippen molar-refractivity contribution in [2.45, 2.75) is 12.4 Å². The number of hydrogen-bond donors (Lipinski definition) is 0. The second kappa shape index (κ2) is 8.68. The van der Waals surface area contributed by atoms with Crippen molar-refractivity contribution in [2.24, 2.45) is 0 Å². The van der Waals surface area contributed by atoms with E-state index in [0.717, 1.165) is 16.2 Å². The van der Waals surface area contributed by atoms with Crippen LogP contribution in [-0.4, -0.2) is 16.9 Å². The fraction of sp³-hybridized carbons (Fsp3) is 0.0714. The molecule has 2 aliphatic rings. The summed E-state index contributed by atoms with van der Waals surface area (Å²) in [5, 5.41) is 1.20. The topological polar surface area (TPSA) is 65.1 Å². The molecule has 0 bridgehead atoms. The summed E-state index contributed by atoms with van der Waals surface area (Å²) in [5.74, 6) is -1.84. The second-order valence-corrected chi connectivity index (χ2v) is 9.05. The Morgan fingerprint density at radius 2 is 1.22 bits per heavy atom. The van der Waals surface area contributed by atoms with Crippen molar-refractivity contribution < 1.29 is 23.9 Å². The van der Waals surface area contributed by atoms with Gasteiger partial charge in [-0.15, -0.1) is 5.06 Å². The van der Waals surface area contributed by atoms with E-state index in [-0.39, 0.29) is 33.5 Å². The highest BCUT2D eigenvalue weighted by molar-refractivity contribution is 6.36. The Morgan fingerprint density at radius 3 is 1.78 bits per heavy atom. The third kappa shape index (κ3) is 3.45. The van der Waals surface area contributed by atoms with Crippen LogP contribution < -0.4 is 9.47 Å². The van der Waals surface area contributed by atoms with E-state index in [4.69, 9.17) is 37.5 Å². The van der Waals surface area contributed by atoms with Gasteiger partial charge in [-0.25, -0.2) is 0 Å². The lowest BCUT2D eigenvalue weighted by molar-refractivity contribution is -0.101. The zero-order chi connectivity index (χ0) is 24.9. The number of amides is 2. The zero-order valence-electron chi connectivity index (χ0n) is 18.6. The van der Waals surface area contributed by atoms with Gasteiger partial charge >= 0.3 is 5.79 Å². The summed E-state index contributed by atoms with van der Waals surface area (Å²) in [6.07, 6.45) is 0. The Labute approximate surface area is 216 Å².